The van der Waals surface area contributed by atoms with E-state index in [1.807, 2.05) is 24.4 Å². The number of piperidine rings is 1. The van der Waals surface area contributed by atoms with E-state index < -0.39 is 0 Å². The SMILES string of the molecule is CC1CCN(C2=N/C(=C\c3c[nH]c4ncccc34)C(=O)N2)CC1.Cl.Cl. The number of nitrogens with one attached hydrogen (secondary N) is 2. The van der Waals surface area contributed by atoms with Crippen LogP contribution in [-0.2, 0) is 4.79 Å². The van der Waals surface area contributed by atoms with Crippen molar-refractivity contribution in [2.24, 2.45) is 10.9 Å². The lowest BCUT2D eigenvalue weighted by molar-refractivity contribution is -0.115. The average Bonchev–Trinajstić information content (AvgIpc) is 3.13. The first kappa shape index (κ1) is 19.3. The maximum atomic E-state index is 12.2. The molecule has 0 atom stereocenters. The molecule has 8 heteroatoms. The van der Waals surface area contributed by atoms with Gasteiger partial charge in [0.2, 0.25) is 5.96 Å². The highest BCUT2D eigenvalue weighted by Gasteiger charge is 2.26. The lowest BCUT2D eigenvalue weighted by atomic mass is 10.00. The summed E-state index contributed by atoms with van der Waals surface area (Å²) in [5.74, 6) is 1.29. The van der Waals surface area contributed by atoms with E-state index in [2.05, 4.69) is 32.1 Å². The number of aliphatic imine (C=N–C) groups is 1. The van der Waals surface area contributed by atoms with E-state index in [9.17, 15) is 4.79 Å². The molecule has 0 saturated carbocycles. The third kappa shape index (κ3) is 3.80. The second kappa shape index (κ2) is 7.89. The van der Waals surface area contributed by atoms with Gasteiger partial charge in [0.25, 0.3) is 5.91 Å². The average molecular weight is 382 g/mol. The molecule has 25 heavy (non-hydrogen) atoms. The predicted molar refractivity (Wildman–Crippen MR) is 104 cm³/mol. The minimum atomic E-state index is -0.142. The topological polar surface area (TPSA) is 73.4 Å². The van der Waals surface area contributed by atoms with Gasteiger partial charge in [-0.3, -0.25) is 10.1 Å². The number of nitrogens with zero attached hydrogens (tertiary/aromatic N) is 3. The Morgan fingerprint density at radius 3 is 2.80 bits per heavy atom. The fourth-order valence-corrected chi connectivity index (χ4v) is 3.07. The molecule has 1 saturated heterocycles. The highest BCUT2D eigenvalue weighted by molar-refractivity contribution is 6.14. The number of halogens is 2. The van der Waals surface area contributed by atoms with Gasteiger partial charge in [0, 0.05) is 36.4 Å². The maximum Gasteiger partial charge on any atom is 0.276 e. The smallest absolute Gasteiger partial charge is 0.276 e. The molecular formula is C17H21Cl2N5O. The number of aromatic nitrogens is 2. The van der Waals surface area contributed by atoms with Gasteiger partial charge in [0.05, 0.1) is 0 Å². The van der Waals surface area contributed by atoms with E-state index in [-0.39, 0.29) is 30.7 Å². The van der Waals surface area contributed by atoms with Crippen molar-refractivity contribution in [1.82, 2.24) is 20.2 Å². The first-order valence-corrected chi connectivity index (χ1v) is 7.99. The van der Waals surface area contributed by atoms with Crippen molar-refractivity contribution in [3.05, 3.63) is 35.8 Å². The summed E-state index contributed by atoms with van der Waals surface area (Å²) in [7, 11) is 0. The van der Waals surface area contributed by atoms with Crippen molar-refractivity contribution in [3.63, 3.8) is 0 Å². The van der Waals surface area contributed by atoms with Crippen LogP contribution in [0.3, 0.4) is 0 Å². The summed E-state index contributed by atoms with van der Waals surface area (Å²) in [6.45, 7) is 4.16. The zero-order valence-corrected chi connectivity index (χ0v) is 15.5. The normalized spacial score (nSPS) is 19.4. The Labute approximate surface area is 158 Å². The summed E-state index contributed by atoms with van der Waals surface area (Å²) in [4.78, 5) is 26.2. The second-order valence-electron chi connectivity index (χ2n) is 6.23. The highest BCUT2D eigenvalue weighted by Crippen LogP contribution is 2.22. The zero-order chi connectivity index (χ0) is 15.8. The molecule has 2 aromatic rings. The van der Waals surface area contributed by atoms with Gasteiger partial charge in [-0.15, -0.1) is 24.8 Å². The predicted octanol–water partition coefficient (Wildman–Crippen LogP) is 2.97. The van der Waals surface area contributed by atoms with Crippen molar-refractivity contribution in [3.8, 4) is 0 Å². The molecule has 134 valence electrons. The van der Waals surface area contributed by atoms with Gasteiger partial charge in [-0.25, -0.2) is 9.98 Å². The number of rotatable bonds is 1. The van der Waals surface area contributed by atoms with Gasteiger partial charge in [0.15, 0.2) is 0 Å². The number of fused-ring (bicyclic) bond motifs is 1. The third-order valence-corrected chi connectivity index (χ3v) is 4.54. The Kier molecular flexibility index (Phi) is 6.08. The summed E-state index contributed by atoms with van der Waals surface area (Å²) in [6.07, 6.45) is 7.69. The molecule has 2 N–H and O–H groups in total. The van der Waals surface area contributed by atoms with Crippen molar-refractivity contribution in [2.45, 2.75) is 19.8 Å². The molecule has 4 heterocycles. The van der Waals surface area contributed by atoms with Gasteiger partial charge >= 0.3 is 0 Å². The maximum absolute atomic E-state index is 12.2. The van der Waals surface area contributed by atoms with Crippen LogP contribution >= 0.6 is 24.8 Å². The summed E-state index contributed by atoms with van der Waals surface area (Å²) < 4.78 is 0. The molecule has 1 amide bonds. The number of guanidine groups is 1. The molecule has 2 aliphatic heterocycles. The number of hydrogen-bond donors (Lipinski definition) is 2. The standard InChI is InChI=1S/C17H19N5O.2ClH/c1-11-4-7-22(8-5-11)17-20-14(16(23)21-17)9-12-10-19-15-13(12)3-2-6-18-15;;/h2-3,6,9-11H,4-5,7-8H2,1H3,(H,18,19)(H,20,21,23);2*1H/b14-9-;;. The van der Waals surface area contributed by atoms with Gasteiger partial charge in [-0.2, -0.15) is 0 Å². The number of aromatic amines is 1. The van der Waals surface area contributed by atoms with Crippen LogP contribution in [0.2, 0.25) is 0 Å². The Morgan fingerprint density at radius 1 is 1.28 bits per heavy atom. The van der Waals surface area contributed by atoms with Crippen molar-refractivity contribution >= 4 is 53.8 Å². The summed E-state index contributed by atoms with van der Waals surface area (Å²) in [6, 6.07) is 3.87. The van der Waals surface area contributed by atoms with Crippen molar-refractivity contribution < 1.29 is 4.79 Å². The van der Waals surface area contributed by atoms with E-state index in [1.165, 1.54) is 0 Å². The first-order valence-electron chi connectivity index (χ1n) is 7.99. The molecule has 0 radical (unpaired) electrons. The number of H-pyrrole nitrogens is 1. The molecule has 2 aliphatic rings. The zero-order valence-electron chi connectivity index (χ0n) is 13.9. The van der Waals surface area contributed by atoms with Gasteiger partial charge < -0.3 is 9.88 Å². The number of hydrogen-bond acceptors (Lipinski definition) is 4. The molecule has 0 aliphatic carbocycles. The minimum absolute atomic E-state index is 0. The Hall–Kier alpha value is -2.05. The van der Waals surface area contributed by atoms with Crippen LogP contribution in [-0.4, -0.2) is 39.8 Å². The molecule has 0 unspecified atom stereocenters. The van der Waals surface area contributed by atoms with Crippen molar-refractivity contribution in [1.29, 1.82) is 0 Å². The van der Waals surface area contributed by atoms with E-state index >= 15 is 0 Å². The number of likely N-dealkylation sites (tertiary alicyclic amines) is 1. The van der Waals surface area contributed by atoms with Crippen LogP contribution in [0.5, 0.6) is 0 Å². The van der Waals surface area contributed by atoms with Crippen LogP contribution < -0.4 is 5.32 Å². The van der Waals surface area contributed by atoms with Crippen LogP contribution in [0, 0.1) is 5.92 Å². The van der Waals surface area contributed by atoms with E-state index in [4.69, 9.17) is 0 Å². The first-order chi connectivity index (χ1) is 11.2. The second-order valence-corrected chi connectivity index (χ2v) is 6.23. The van der Waals surface area contributed by atoms with Gasteiger partial charge in [-0.05, 0) is 37.0 Å². The lowest BCUT2D eigenvalue weighted by Gasteiger charge is -2.31. The fourth-order valence-electron chi connectivity index (χ4n) is 3.07. The van der Waals surface area contributed by atoms with Gasteiger partial charge in [-0.1, -0.05) is 6.92 Å². The fraction of sp³-hybridized carbons (Fsp3) is 0.353. The molecule has 0 aromatic carbocycles. The van der Waals surface area contributed by atoms with Crippen molar-refractivity contribution in [2.75, 3.05) is 13.1 Å². The van der Waals surface area contributed by atoms with Gasteiger partial charge in [0.1, 0.15) is 11.3 Å². The Morgan fingerprint density at radius 2 is 2.04 bits per heavy atom. The number of carbonyl (C=O) groups is 1. The molecule has 4 rings (SSSR count). The van der Waals surface area contributed by atoms with Crippen LogP contribution in [0.25, 0.3) is 17.1 Å². The molecule has 0 spiro atoms. The van der Waals surface area contributed by atoms with Crippen LogP contribution in [0.1, 0.15) is 25.3 Å². The number of pyridine rings is 1. The lowest BCUT2D eigenvalue weighted by Crippen LogP contribution is -2.44. The highest BCUT2D eigenvalue weighted by atomic mass is 35.5. The Bertz CT molecular complexity index is 821. The quantitative estimate of drug-likeness (QED) is 0.745. The largest absolute Gasteiger partial charge is 0.346 e. The van der Waals surface area contributed by atoms with E-state index in [0.29, 0.717) is 11.7 Å². The monoisotopic (exact) mass is 381 g/mol. The number of carbonyl (C=O) groups excluding carboxylic acids is 1. The molecule has 2 aromatic heterocycles. The molecule has 1 fully saturated rings. The summed E-state index contributed by atoms with van der Waals surface area (Å²) >= 11 is 0. The summed E-state index contributed by atoms with van der Waals surface area (Å²) in [5, 5.41) is 3.88. The van der Waals surface area contributed by atoms with E-state index in [0.717, 1.165) is 48.4 Å². The molecule has 0 bridgehead atoms. The van der Waals surface area contributed by atoms with Crippen LogP contribution in [0.4, 0.5) is 0 Å². The third-order valence-electron chi connectivity index (χ3n) is 4.54. The minimum Gasteiger partial charge on any atom is -0.346 e. The van der Waals surface area contributed by atoms with Crippen LogP contribution in [0.15, 0.2) is 35.2 Å². The molecular weight excluding hydrogens is 361 g/mol. The summed E-state index contributed by atoms with van der Waals surface area (Å²) in [5.41, 5.74) is 2.19. The Balaban J connectivity index is 0.00000113. The number of amides is 1. The van der Waals surface area contributed by atoms with E-state index in [1.54, 1.807) is 6.20 Å². The molecule has 6 nitrogen and oxygen atoms in total.